The van der Waals surface area contributed by atoms with E-state index < -0.39 is 0 Å². The molecule has 1 aromatic carbocycles. The molecule has 1 atom stereocenters. The van der Waals surface area contributed by atoms with Crippen molar-refractivity contribution in [3.8, 4) is 5.75 Å². The number of ether oxygens (including phenoxy) is 1. The van der Waals surface area contributed by atoms with Gasteiger partial charge in [-0.15, -0.1) is 0 Å². The van der Waals surface area contributed by atoms with Crippen molar-refractivity contribution in [3.05, 3.63) is 27.2 Å². The Bertz CT molecular complexity index is 432. The van der Waals surface area contributed by atoms with Crippen LogP contribution in [0.15, 0.2) is 12.1 Å². The van der Waals surface area contributed by atoms with Crippen LogP contribution in [-0.4, -0.2) is 25.6 Å². The largest absolute Gasteiger partial charge is 0.489 e. The Morgan fingerprint density at radius 1 is 1.37 bits per heavy atom. The summed E-state index contributed by atoms with van der Waals surface area (Å²) < 4.78 is 5.42. The lowest BCUT2D eigenvalue weighted by atomic mass is 10.2. The van der Waals surface area contributed by atoms with Crippen LogP contribution in [-0.2, 0) is 4.79 Å². The number of hydrogen-bond donors (Lipinski definition) is 2. The molecule has 0 aliphatic rings. The van der Waals surface area contributed by atoms with Crippen molar-refractivity contribution in [2.24, 2.45) is 11.7 Å². The van der Waals surface area contributed by atoms with Crippen molar-refractivity contribution in [2.45, 2.75) is 6.92 Å². The van der Waals surface area contributed by atoms with E-state index in [4.69, 9.17) is 45.3 Å². The van der Waals surface area contributed by atoms with E-state index in [1.165, 1.54) is 0 Å². The smallest absolute Gasteiger partial charge is 0.224 e. The van der Waals surface area contributed by atoms with E-state index in [2.05, 4.69) is 5.32 Å². The Hall–Kier alpha value is -0.680. The average molecular weight is 326 g/mol. The Balaban J connectivity index is 2.44. The average Bonchev–Trinajstić information content (AvgIpc) is 2.35. The minimum absolute atomic E-state index is 0.112. The molecule has 4 nitrogen and oxygen atoms in total. The van der Waals surface area contributed by atoms with Gasteiger partial charge in [0.1, 0.15) is 6.61 Å². The van der Waals surface area contributed by atoms with E-state index >= 15 is 0 Å². The summed E-state index contributed by atoms with van der Waals surface area (Å²) in [5, 5.41) is 3.80. The Morgan fingerprint density at radius 3 is 2.47 bits per heavy atom. The van der Waals surface area contributed by atoms with E-state index in [1.54, 1.807) is 19.1 Å². The van der Waals surface area contributed by atoms with Crippen LogP contribution in [0.4, 0.5) is 0 Å². The lowest BCUT2D eigenvalue weighted by molar-refractivity contribution is -0.124. The molecular formula is C12H15Cl3N2O2. The molecule has 0 heterocycles. The van der Waals surface area contributed by atoms with Crippen LogP contribution >= 0.6 is 34.8 Å². The van der Waals surface area contributed by atoms with Crippen LogP contribution in [0.1, 0.15) is 6.92 Å². The maximum atomic E-state index is 11.4. The van der Waals surface area contributed by atoms with Crippen molar-refractivity contribution < 1.29 is 9.53 Å². The van der Waals surface area contributed by atoms with Gasteiger partial charge >= 0.3 is 0 Å². The normalized spacial score (nSPS) is 12.1. The molecule has 1 aromatic rings. The number of rotatable bonds is 6. The second kappa shape index (κ2) is 7.80. The number of carbonyl (C=O) groups excluding carboxylic acids is 1. The topological polar surface area (TPSA) is 64.4 Å². The molecule has 0 aliphatic heterocycles. The summed E-state index contributed by atoms with van der Waals surface area (Å²) in [6.45, 7) is 2.66. The van der Waals surface area contributed by atoms with Gasteiger partial charge in [0.05, 0.1) is 16.6 Å². The maximum absolute atomic E-state index is 11.4. The third-order valence-electron chi connectivity index (χ3n) is 2.41. The van der Waals surface area contributed by atoms with E-state index in [-0.39, 0.29) is 18.4 Å². The fourth-order valence-corrected chi connectivity index (χ4v) is 2.20. The minimum atomic E-state index is -0.220. The molecule has 0 spiro atoms. The number of amides is 1. The quantitative estimate of drug-likeness (QED) is 0.790. The van der Waals surface area contributed by atoms with Gasteiger partial charge in [0.15, 0.2) is 5.75 Å². The zero-order valence-electron chi connectivity index (χ0n) is 10.4. The Labute approximate surface area is 127 Å². The molecule has 0 fully saturated rings. The van der Waals surface area contributed by atoms with Gasteiger partial charge in [-0.3, -0.25) is 4.79 Å². The third kappa shape index (κ3) is 5.07. The number of hydrogen-bond acceptors (Lipinski definition) is 3. The lowest BCUT2D eigenvalue weighted by Crippen LogP contribution is -2.35. The van der Waals surface area contributed by atoms with Crippen LogP contribution in [0, 0.1) is 5.92 Å². The van der Waals surface area contributed by atoms with Gasteiger partial charge in [0.25, 0.3) is 0 Å². The summed E-state index contributed by atoms with van der Waals surface area (Å²) in [7, 11) is 0. The maximum Gasteiger partial charge on any atom is 0.224 e. The third-order valence-corrected chi connectivity index (χ3v) is 3.19. The fourth-order valence-electron chi connectivity index (χ4n) is 1.28. The molecule has 19 heavy (non-hydrogen) atoms. The Morgan fingerprint density at radius 2 is 1.95 bits per heavy atom. The summed E-state index contributed by atoms with van der Waals surface area (Å²) in [6, 6.07) is 3.08. The molecule has 0 radical (unpaired) electrons. The van der Waals surface area contributed by atoms with Gasteiger partial charge < -0.3 is 15.8 Å². The summed E-state index contributed by atoms with van der Waals surface area (Å²) in [5.74, 6) is 0.0240. The fraction of sp³-hybridized carbons (Fsp3) is 0.417. The van der Waals surface area contributed by atoms with Gasteiger partial charge in [0.2, 0.25) is 5.91 Å². The molecule has 1 rings (SSSR count). The van der Waals surface area contributed by atoms with Gasteiger partial charge in [-0.2, -0.15) is 0 Å². The van der Waals surface area contributed by atoms with Crippen molar-refractivity contribution in [1.29, 1.82) is 0 Å². The highest BCUT2D eigenvalue weighted by molar-refractivity contribution is 6.40. The first-order valence-corrected chi connectivity index (χ1v) is 6.84. The predicted molar refractivity (Wildman–Crippen MR) is 78.2 cm³/mol. The van der Waals surface area contributed by atoms with E-state index in [0.717, 1.165) is 0 Å². The van der Waals surface area contributed by atoms with Crippen LogP contribution < -0.4 is 15.8 Å². The molecule has 1 amide bonds. The SMILES string of the molecule is CC(CN)C(=O)NCCOc1c(Cl)cc(Cl)cc1Cl. The molecule has 0 saturated carbocycles. The zero-order valence-corrected chi connectivity index (χ0v) is 12.6. The second-order valence-electron chi connectivity index (χ2n) is 3.97. The number of nitrogens with one attached hydrogen (secondary N) is 1. The number of carbonyl (C=O) groups is 1. The second-order valence-corrected chi connectivity index (χ2v) is 5.23. The predicted octanol–water partition coefficient (Wildman–Crippen LogP) is 2.74. The molecule has 106 valence electrons. The highest BCUT2D eigenvalue weighted by Gasteiger charge is 2.11. The zero-order chi connectivity index (χ0) is 14.4. The molecule has 0 bridgehead atoms. The molecule has 7 heteroatoms. The molecule has 1 unspecified atom stereocenters. The first-order chi connectivity index (χ1) is 8.95. The Kier molecular flexibility index (Phi) is 6.72. The molecular weight excluding hydrogens is 311 g/mol. The number of halogens is 3. The molecule has 0 saturated heterocycles. The molecule has 0 aromatic heterocycles. The first kappa shape index (κ1) is 16.4. The van der Waals surface area contributed by atoms with E-state index in [0.29, 0.717) is 33.9 Å². The van der Waals surface area contributed by atoms with Gasteiger partial charge in [0, 0.05) is 17.5 Å². The monoisotopic (exact) mass is 324 g/mol. The summed E-state index contributed by atoms with van der Waals surface area (Å²) in [5.41, 5.74) is 5.38. The minimum Gasteiger partial charge on any atom is -0.489 e. The van der Waals surface area contributed by atoms with Gasteiger partial charge in [-0.05, 0) is 12.1 Å². The van der Waals surface area contributed by atoms with Crippen LogP contribution in [0.25, 0.3) is 0 Å². The standard InChI is InChI=1S/C12H15Cl3N2O2/c1-7(6-16)12(18)17-2-3-19-11-9(14)4-8(13)5-10(11)15/h4-5,7H,2-3,6,16H2,1H3,(H,17,18). The van der Waals surface area contributed by atoms with E-state index in [1.807, 2.05) is 0 Å². The summed E-state index contributed by atoms with van der Waals surface area (Å²) in [4.78, 5) is 11.4. The molecule has 0 aliphatic carbocycles. The van der Waals surface area contributed by atoms with Crippen molar-refractivity contribution in [1.82, 2.24) is 5.32 Å². The van der Waals surface area contributed by atoms with Crippen LogP contribution in [0.2, 0.25) is 15.1 Å². The van der Waals surface area contributed by atoms with E-state index in [9.17, 15) is 4.79 Å². The number of nitrogens with two attached hydrogens (primary N) is 1. The summed E-state index contributed by atoms with van der Waals surface area (Å²) in [6.07, 6.45) is 0. The van der Waals surface area contributed by atoms with Crippen LogP contribution in [0.3, 0.4) is 0 Å². The van der Waals surface area contributed by atoms with Crippen molar-refractivity contribution >= 4 is 40.7 Å². The molecule has 3 N–H and O–H groups in total. The van der Waals surface area contributed by atoms with Crippen molar-refractivity contribution in [3.63, 3.8) is 0 Å². The first-order valence-electron chi connectivity index (χ1n) is 5.70. The lowest BCUT2D eigenvalue weighted by Gasteiger charge is -2.12. The highest BCUT2D eigenvalue weighted by Crippen LogP contribution is 2.35. The number of benzene rings is 1. The van der Waals surface area contributed by atoms with Crippen molar-refractivity contribution in [2.75, 3.05) is 19.7 Å². The van der Waals surface area contributed by atoms with Crippen LogP contribution in [0.5, 0.6) is 5.75 Å². The summed E-state index contributed by atoms with van der Waals surface area (Å²) >= 11 is 17.7. The van der Waals surface area contributed by atoms with Gasteiger partial charge in [-0.1, -0.05) is 41.7 Å². The highest BCUT2D eigenvalue weighted by atomic mass is 35.5. The van der Waals surface area contributed by atoms with Gasteiger partial charge in [-0.25, -0.2) is 0 Å².